The lowest BCUT2D eigenvalue weighted by molar-refractivity contribution is -0.138. The lowest BCUT2D eigenvalue weighted by Crippen LogP contribution is -2.32. The molecule has 8 heteroatoms. The standard InChI is InChI=1S/C20H16F3N3O2/c1-26-11-15(12-6-8-14(9-7-12)20(21,22)23)17(19(26)28)18(27)25-16-5-3-2-4-13(16)10-24/h2-9,15,17H,11H2,1H3,(H,25,27)/t15-,17+/m0/s1. The number of benzene rings is 2. The van der Waals surface area contributed by atoms with Crippen LogP contribution in [0.4, 0.5) is 18.9 Å². The van der Waals surface area contributed by atoms with Gasteiger partial charge in [0.1, 0.15) is 12.0 Å². The third-order valence-corrected chi connectivity index (χ3v) is 4.77. The predicted octanol–water partition coefficient (Wildman–Crippen LogP) is 3.39. The molecule has 1 saturated heterocycles. The number of likely N-dealkylation sites (N-methyl/N-ethyl adjacent to an activating group) is 1. The minimum Gasteiger partial charge on any atom is -0.344 e. The normalized spacial score (nSPS) is 19.4. The molecule has 1 N–H and O–H groups in total. The smallest absolute Gasteiger partial charge is 0.344 e. The van der Waals surface area contributed by atoms with Crippen LogP contribution < -0.4 is 5.32 Å². The molecule has 0 bridgehead atoms. The molecule has 5 nitrogen and oxygen atoms in total. The fourth-order valence-corrected chi connectivity index (χ4v) is 3.31. The number of hydrogen-bond acceptors (Lipinski definition) is 3. The van der Waals surface area contributed by atoms with Crippen molar-refractivity contribution in [3.05, 3.63) is 65.2 Å². The Bertz CT molecular complexity index is 948. The number of nitrogens with one attached hydrogen (secondary N) is 1. The average molecular weight is 387 g/mol. The summed E-state index contributed by atoms with van der Waals surface area (Å²) in [7, 11) is 1.54. The zero-order valence-corrected chi connectivity index (χ0v) is 14.8. The SMILES string of the molecule is CN1C[C@@H](c2ccc(C(F)(F)F)cc2)[C@H](C(=O)Nc2ccccc2C#N)C1=O. The van der Waals surface area contributed by atoms with Gasteiger partial charge >= 0.3 is 6.18 Å². The van der Waals surface area contributed by atoms with Gasteiger partial charge in [0, 0.05) is 19.5 Å². The van der Waals surface area contributed by atoms with Crippen molar-refractivity contribution in [1.29, 1.82) is 5.26 Å². The van der Waals surface area contributed by atoms with Gasteiger partial charge < -0.3 is 10.2 Å². The molecule has 2 aromatic rings. The molecule has 0 saturated carbocycles. The van der Waals surface area contributed by atoms with Crippen LogP contribution in [0.15, 0.2) is 48.5 Å². The first-order chi connectivity index (χ1) is 13.2. The maximum absolute atomic E-state index is 12.8. The van der Waals surface area contributed by atoms with Gasteiger partial charge in [-0.25, -0.2) is 0 Å². The first-order valence-electron chi connectivity index (χ1n) is 8.44. The minimum absolute atomic E-state index is 0.210. The number of amides is 2. The molecule has 1 fully saturated rings. The number of rotatable bonds is 3. The Morgan fingerprint density at radius 3 is 2.43 bits per heavy atom. The van der Waals surface area contributed by atoms with Crippen molar-refractivity contribution >= 4 is 17.5 Å². The van der Waals surface area contributed by atoms with E-state index in [-0.39, 0.29) is 17.8 Å². The highest BCUT2D eigenvalue weighted by Crippen LogP contribution is 2.36. The van der Waals surface area contributed by atoms with Crippen LogP contribution in [0.25, 0.3) is 0 Å². The van der Waals surface area contributed by atoms with Gasteiger partial charge in [-0.2, -0.15) is 18.4 Å². The van der Waals surface area contributed by atoms with E-state index in [1.54, 1.807) is 18.2 Å². The Labute approximate surface area is 159 Å². The van der Waals surface area contributed by atoms with Crippen molar-refractivity contribution in [3.8, 4) is 6.07 Å². The maximum atomic E-state index is 12.8. The quantitative estimate of drug-likeness (QED) is 0.821. The van der Waals surface area contributed by atoms with Crippen LogP contribution in [-0.2, 0) is 15.8 Å². The summed E-state index contributed by atoms with van der Waals surface area (Å²) in [6.45, 7) is 0.210. The van der Waals surface area contributed by atoms with Crippen molar-refractivity contribution in [2.24, 2.45) is 5.92 Å². The van der Waals surface area contributed by atoms with Crippen LogP contribution in [-0.4, -0.2) is 30.3 Å². The average Bonchev–Trinajstić information content (AvgIpc) is 2.96. The number of nitriles is 1. The molecule has 28 heavy (non-hydrogen) atoms. The topological polar surface area (TPSA) is 73.2 Å². The Balaban J connectivity index is 1.88. The van der Waals surface area contributed by atoms with E-state index < -0.39 is 35.4 Å². The Kier molecular flexibility index (Phi) is 5.10. The molecular weight excluding hydrogens is 371 g/mol. The van der Waals surface area contributed by atoms with Crippen LogP contribution in [0.1, 0.15) is 22.6 Å². The second-order valence-corrected chi connectivity index (χ2v) is 6.57. The van der Waals surface area contributed by atoms with E-state index in [0.29, 0.717) is 5.56 Å². The van der Waals surface area contributed by atoms with E-state index in [1.165, 1.54) is 30.1 Å². The van der Waals surface area contributed by atoms with E-state index in [0.717, 1.165) is 12.1 Å². The summed E-state index contributed by atoms with van der Waals surface area (Å²) >= 11 is 0. The van der Waals surface area contributed by atoms with Gasteiger partial charge in [-0.05, 0) is 29.8 Å². The number of halogens is 3. The molecule has 144 valence electrons. The summed E-state index contributed by atoms with van der Waals surface area (Å²) in [6, 6.07) is 12.8. The van der Waals surface area contributed by atoms with Gasteiger partial charge in [-0.1, -0.05) is 24.3 Å². The molecule has 2 atom stereocenters. The number of hydrogen-bond donors (Lipinski definition) is 1. The van der Waals surface area contributed by atoms with Crippen molar-refractivity contribution in [2.45, 2.75) is 12.1 Å². The molecule has 2 amide bonds. The van der Waals surface area contributed by atoms with Crippen LogP contribution in [0.5, 0.6) is 0 Å². The molecule has 1 aliphatic heterocycles. The highest BCUT2D eigenvalue weighted by molar-refractivity contribution is 6.08. The van der Waals surface area contributed by atoms with E-state index in [2.05, 4.69) is 5.32 Å². The van der Waals surface area contributed by atoms with Crippen molar-refractivity contribution in [2.75, 3.05) is 18.9 Å². The van der Waals surface area contributed by atoms with Gasteiger partial charge in [0.2, 0.25) is 11.8 Å². The summed E-state index contributed by atoms with van der Waals surface area (Å²) in [4.78, 5) is 26.7. The van der Waals surface area contributed by atoms with Gasteiger partial charge in [0.05, 0.1) is 16.8 Å². The maximum Gasteiger partial charge on any atom is 0.416 e. The lowest BCUT2D eigenvalue weighted by Gasteiger charge is -2.18. The Morgan fingerprint density at radius 2 is 1.82 bits per heavy atom. The van der Waals surface area contributed by atoms with Gasteiger partial charge in [-0.3, -0.25) is 9.59 Å². The predicted molar refractivity (Wildman–Crippen MR) is 95.1 cm³/mol. The molecule has 1 heterocycles. The molecule has 0 unspecified atom stereocenters. The first kappa shape index (κ1) is 19.4. The zero-order chi connectivity index (χ0) is 20.5. The van der Waals surface area contributed by atoms with Crippen molar-refractivity contribution in [3.63, 3.8) is 0 Å². The minimum atomic E-state index is -4.46. The van der Waals surface area contributed by atoms with E-state index in [9.17, 15) is 22.8 Å². The molecule has 0 aromatic heterocycles. The Morgan fingerprint density at radius 1 is 1.18 bits per heavy atom. The second kappa shape index (κ2) is 7.35. The van der Waals surface area contributed by atoms with Crippen LogP contribution in [0, 0.1) is 17.2 Å². The monoisotopic (exact) mass is 387 g/mol. The fraction of sp³-hybridized carbons (Fsp3) is 0.250. The summed E-state index contributed by atoms with van der Waals surface area (Å²) < 4.78 is 38.4. The van der Waals surface area contributed by atoms with Crippen LogP contribution >= 0.6 is 0 Å². The molecule has 0 spiro atoms. The molecule has 3 rings (SSSR count). The summed E-state index contributed by atoms with van der Waals surface area (Å²) in [5, 5.41) is 11.7. The van der Waals surface area contributed by atoms with Gasteiger partial charge in [0.15, 0.2) is 0 Å². The first-order valence-corrected chi connectivity index (χ1v) is 8.44. The lowest BCUT2D eigenvalue weighted by atomic mass is 9.87. The zero-order valence-electron chi connectivity index (χ0n) is 14.8. The fourth-order valence-electron chi connectivity index (χ4n) is 3.31. The highest BCUT2D eigenvalue weighted by Gasteiger charge is 2.44. The number of carbonyl (C=O) groups excluding carboxylic acids is 2. The molecule has 2 aromatic carbocycles. The van der Waals surface area contributed by atoms with E-state index in [1.807, 2.05) is 6.07 Å². The number of likely N-dealkylation sites (tertiary alicyclic amines) is 1. The largest absolute Gasteiger partial charge is 0.416 e. The summed E-state index contributed by atoms with van der Waals surface area (Å²) in [5.41, 5.74) is 0.210. The number of nitrogens with zero attached hydrogens (tertiary/aromatic N) is 2. The van der Waals surface area contributed by atoms with Crippen LogP contribution in [0.3, 0.4) is 0 Å². The number of anilines is 1. The molecule has 1 aliphatic rings. The number of para-hydroxylation sites is 1. The van der Waals surface area contributed by atoms with Crippen LogP contribution in [0.2, 0.25) is 0 Å². The molecular formula is C20H16F3N3O2. The molecule has 0 aliphatic carbocycles. The summed E-state index contributed by atoms with van der Waals surface area (Å²) in [5.74, 6) is -2.69. The number of carbonyl (C=O) groups is 2. The highest BCUT2D eigenvalue weighted by atomic mass is 19.4. The van der Waals surface area contributed by atoms with E-state index >= 15 is 0 Å². The molecule has 0 radical (unpaired) electrons. The summed E-state index contributed by atoms with van der Waals surface area (Å²) in [6.07, 6.45) is -4.46. The van der Waals surface area contributed by atoms with Crippen molar-refractivity contribution in [1.82, 2.24) is 4.90 Å². The third-order valence-electron chi connectivity index (χ3n) is 4.77. The van der Waals surface area contributed by atoms with Gasteiger partial charge in [0.25, 0.3) is 0 Å². The third kappa shape index (κ3) is 3.69. The number of alkyl halides is 3. The second-order valence-electron chi connectivity index (χ2n) is 6.57. The van der Waals surface area contributed by atoms with Crippen molar-refractivity contribution < 1.29 is 22.8 Å². The Hall–Kier alpha value is -3.34. The van der Waals surface area contributed by atoms with Gasteiger partial charge in [-0.15, -0.1) is 0 Å². The van der Waals surface area contributed by atoms with E-state index in [4.69, 9.17) is 5.26 Å².